The van der Waals surface area contributed by atoms with Crippen LogP contribution in [0, 0.1) is 6.92 Å². The van der Waals surface area contributed by atoms with E-state index in [4.69, 9.17) is 4.74 Å². The summed E-state index contributed by atoms with van der Waals surface area (Å²) in [7, 11) is 0. The standard InChI is InChI=1S/C15H19Br2NO2/c1-11-10-12(2-3-14(11)17)15(19)18-7-4-13(5-8-18)20-9-6-16/h2-3,10,13H,4-9H2,1H3. The fourth-order valence-electron chi connectivity index (χ4n) is 2.40. The molecule has 2 rings (SSSR count). The minimum atomic E-state index is 0.125. The molecule has 0 bridgehead atoms. The maximum Gasteiger partial charge on any atom is 0.253 e. The molecule has 0 aromatic heterocycles. The van der Waals surface area contributed by atoms with Crippen LogP contribution in [0.4, 0.5) is 0 Å². The Morgan fingerprint density at radius 1 is 1.40 bits per heavy atom. The lowest BCUT2D eigenvalue weighted by Gasteiger charge is -2.32. The highest BCUT2D eigenvalue weighted by Gasteiger charge is 2.24. The van der Waals surface area contributed by atoms with E-state index in [9.17, 15) is 4.79 Å². The van der Waals surface area contributed by atoms with E-state index in [2.05, 4.69) is 31.9 Å². The van der Waals surface area contributed by atoms with Gasteiger partial charge in [-0.2, -0.15) is 0 Å². The summed E-state index contributed by atoms with van der Waals surface area (Å²) in [6, 6.07) is 5.76. The van der Waals surface area contributed by atoms with Crippen molar-refractivity contribution in [1.82, 2.24) is 4.90 Å². The summed E-state index contributed by atoms with van der Waals surface area (Å²) in [5, 5.41) is 0.865. The van der Waals surface area contributed by atoms with Crippen molar-refractivity contribution in [3.8, 4) is 0 Å². The highest BCUT2D eigenvalue weighted by molar-refractivity contribution is 9.10. The molecule has 1 aromatic rings. The second kappa shape index (κ2) is 7.57. The van der Waals surface area contributed by atoms with Crippen LogP contribution >= 0.6 is 31.9 Å². The van der Waals surface area contributed by atoms with E-state index in [-0.39, 0.29) is 5.91 Å². The number of rotatable bonds is 4. The summed E-state index contributed by atoms with van der Waals surface area (Å²) in [6.45, 7) is 4.30. The molecule has 0 N–H and O–H groups in total. The normalized spacial score (nSPS) is 16.4. The Hall–Kier alpha value is -0.390. The molecule has 3 nitrogen and oxygen atoms in total. The zero-order chi connectivity index (χ0) is 14.5. The van der Waals surface area contributed by atoms with Gasteiger partial charge in [0.1, 0.15) is 0 Å². The van der Waals surface area contributed by atoms with Gasteiger partial charge >= 0.3 is 0 Å². The van der Waals surface area contributed by atoms with Crippen molar-refractivity contribution in [2.75, 3.05) is 25.0 Å². The Bertz CT molecular complexity index is 471. The topological polar surface area (TPSA) is 29.5 Å². The SMILES string of the molecule is Cc1cc(C(=O)N2CCC(OCCBr)CC2)ccc1Br. The van der Waals surface area contributed by atoms with Gasteiger partial charge in [-0.05, 0) is 43.5 Å². The van der Waals surface area contributed by atoms with Crippen LogP contribution in [0.5, 0.6) is 0 Å². The van der Waals surface area contributed by atoms with Gasteiger partial charge in [0.25, 0.3) is 5.91 Å². The zero-order valence-electron chi connectivity index (χ0n) is 11.6. The number of nitrogens with zero attached hydrogens (tertiary/aromatic N) is 1. The predicted molar refractivity (Wildman–Crippen MR) is 87.6 cm³/mol. The molecule has 1 fully saturated rings. The maximum atomic E-state index is 12.4. The van der Waals surface area contributed by atoms with Crippen molar-refractivity contribution in [3.05, 3.63) is 33.8 Å². The summed E-state index contributed by atoms with van der Waals surface area (Å²) in [4.78, 5) is 14.4. The van der Waals surface area contributed by atoms with E-state index in [1.807, 2.05) is 30.0 Å². The Labute approximate surface area is 136 Å². The van der Waals surface area contributed by atoms with Crippen LogP contribution in [0.3, 0.4) is 0 Å². The Balaban J connectivity index is 1.92. The van der Waals surface area contributed by atoms with Gasteiger partial charge in [0.15, 0.2) is 0 Å². The van der Waals surface area contributed by atoms with E-state index >= 15 is 0 Å². The lowest BCUT2D eigenvalue weighted by Crippen LogP contribution is -2.41. The quantitative estimate of drug-likeness (QED) is 0.714. The third-order valence-electron chi connectivity index (χ3n) is 3.56. The van der Waals surface area contributed by atoms with E-state index in [1.54, 1.807) is 0 Å². The fourth-order valence-corrected chi connectivity index (χ4v) is 2.83. The van der Waals surface area contributed by atoms with E-state index in [1.165, 1.54) is 0 Å². The van der Waals surface area contributed by atoms with Crippen LogP contribution in [0.15, 0.2) is 22.7 Å². The smallest absolute Gasteiger partial charge is 0.253 e. The van der Waals surface area contributed by atoms with Gasteiger partial charge in [0, 0.05) is 28.5 Å². The van der Waals surface area contributed by atoms with E-state index in [0.717, 1.165) is 53.5 Å². The number of ether oxygens (including phenoxy) is 1. The third kappa shape index (κ3) is 4.06. The number of halogens is 2. The largest absolute Gasteiger partial charge is 0.377 e. The number of alkyl halides is 1. The van der Waals surface area contributed by atoms with Gasteiger partial charge in [0.05, 0.1) is 12.7 Å². The molecule has 5 heteroatoms. The summed E-state index contributed by atoms with van der Waals surface area (Å²) in [5.41, 5.74) is 1.86. The molecule has 20 heavy (non-hydrogen) atoms. The van der Waals surface area contributed by atoms with E-state index < -0.39 is 0 Å². The predicted octanol–water partition coefficient (Wildman–Crippen LogP) is 3.77. The van der Waals surface area contributed by atoms with Crippen LogP contribution in [0.1, 0.15) is 28.8 Å². The molecule has 0 radical (unpaired) electrons. The van der Waals surface area contributed by atoms with Gasteiger partial charge in [-0.25, -0.2) is 0 Å². The molecule has 1 aliphatic rings. The van der Waals surface area contributed by atoms with Gasteiger partial charge < -0.3 is 9.64 Å². The molecule has 1 heterocycles. The monoisotopic (exact) mass is 403 g/mol. The van der Waals surface area contributed by atoms with Gasteiger partial charge in [-0.3, -0.25) is 4.79 Å². The first-order valence-electron chi connectivity index (χ1n) is 6.85. The number of carbonyl (C=O) groups excluding carboxylic acids is 1. The molecule has 0 saturated carbocycles. The number of carbonyl (C=O) groups is 1. The lowest BCUT2D eigenvalue weighted by molar-refractivity contribution is 0.0160. The van der Waals surface area contributed by atoms with E-state index in [0.29, 0.717) is 6.10 Å². The molecule has 0 unspecified atom stereocenters. The third-order valence-corrected chi connectivity index (χ3v) is 4.78. The average Bonchev–Trinajstić information content (AvgIpc) is 2.48. The number of hydrogen-bond donors (Lipinski definition) is 0. The number of aryl methyl sites for hydroxylation is 1. The van der Waals surface area contributed by atoms with Crippen molar-refractivity contribution in [2.24, 2.45) is 0 Å². The van der Waals surface area contributed by atoms with Gasteiger partial charge in [0.2, 0.25) is 0 Å². The fraction of sp³-hybridized carbons (Fsp3) is 0.533. The van der Waals surface area contributed by atoms with Crippen LogP contribution in [0.25, 0.3) is 0 Å². The van der Waals surface area contributed by atoms with Crippen LogP contribution in [0.2, 0.25) is 0 Å². The number of likely N-dealkylation sites (tertiary alicyclic amines) is 1. The molecule has 0 atom stereocenters. The molecule has 1 aliphatic heterocycles. The first-order valence-corrected chi connectivity index (χ1v) is 8.76. The Morgan fingerprint density at radius 2 is 2.10 bits per heavy atom. The van der Waals surface area contributed by atoms with Gasteiger partial charge in [-0.1, -0.05) is 31.9 Å². The second-order valence-corrected chi connectivity index (χ2v) is 6.66. The summed E-state index contributed by atoms with van der Waals surface area (Å²) in [5.74, 6) is 0.125. The van der Waals surface area contributed by atoms with Crippen molar-refractivity contribution < 1.29 is 9.53 Å². The van der Waals surface area contributed by atoms with Crippen molar-refractivity contribution in [3.63, 3.8) is 0 Å². The molecule has 1 amide bonds. The Morgan fingerprint density at radius 3 is 2.70 bits per heavy atom. The average molecular weight is 405 g/mol. The number of piperidine rings is 1. The summed E-state index contributed by atoms with van der Waals surface area (Å²) >= 11 is 6.82. The minimum absolute atomic E-state index is 0.125. The molecule has 0 aliphatic carbocycles. The first kappa shape index (κ1) is 16.0. The Kier molecular flexibility index (Phi) is 6.05. The summed E-state index contributed by atoms with van der Waals surface area (Å²) in [6.07, 6.45) is 2.14. The molecule has 1 saturated heterocycles. The number of benzene rings is 1. The molecular formula is C15H19Br2NO2. The lowest BCUT2D eigenvalue weighted by atomic mass is 10.1. The first-order chi connectivity index (χ1) is 9.61. The van der Waals surface area contributed by atoms with Crippen molar-refractivity contribution in [1.29, 1.82) is 0 Å². The van der Waals surface area contributed by atoms with Gasteiger partial charge in [-0.15, -0.1) is 0 Å². The van der Waals surface area contributed by atoms with Crippen LogP contribution in [-0.4, -0.2) is 41.9 Å². The van der Waals surface area contributed by atoms with Crippen LogP contribution in [-0.2, 0) is 4.74 Å². The number of hydrogen-bond acceptors (Lipinski definition) is 2. The molecule has 1 aromatic carbocycles. The molecular weight excluding hydrogens is 386 g/mol. The summed E-state index contributed by atoms with van der Waals surface area (Å²) < 4.78 is 6.75. The number of amides is 1. The second-order valence-electron chi connectivity index (χ2n) is 5.02. The molecule has 0 spiro atoms. The highest BCUT2D eigenvalue weighted by atomic mass is 79.9. The minimum Gasteiger partial charge on any atom is -0.377 e. The van der Waals surface area contributed by atoms with Crippen molar-refractivity contribution >= 4 is 37.8 Å². The highest BCUT2D eigenvalue weighted by Crippen LogP contribution is 2.20. The van der Waals surface area contributed by atoms with Crippen LogP contribution < -0.4 is 0 Å². The maximum absolute atomic E-state index is 12.4. The molecule has 110 valence electrons. The zero-order valence-corrected chi connectivity index (χ0v) is 14.7. The van der Waals surface area contributed by atoms with Crippen molar-refractivity contribution in [2.45, 2.75) is 25.9 Å².